The third kappa shape index (κ3) is 1.80. The van der Waals surface area contributed by atoms with Gasteiger partial charge in [0.05, 0.1) is 0 Å². The minimum absolute atomic E-state index is 0.502. The van der Waals surface area contributed by atoms with Gasteiger partial charge < -0.3 is 10.6 Å². The maximum atomic E-state index is 5.80. The van der Waals surface area contributed by atoms with Crippen LogP contribution in [0.2, 0.25) is 0 Å². The van der Waals surface area contributed by atoms with Gasteiger partial charge in [-0.15, -0.1) is 0 Å². The standard InChI is InChI=1S/C13H19N3/c14-9-12-2-1-7-16(12)13-8-11(5-6-15-13)10-3-4-10/h5-6,8,10,12H,1-4,7,9,14H2. The number of anilines is 1. The van der Waals surface area contributed by atoms with Crippen molar-refractivity contribution in [1.29, 1.82) is 0 Å². The average Bonchev–Trinajstić information content (AvgIpc) is 3.07. The Morgan fingerprint density at radius 2 is 2.25 bits per heavy atom. The number of nitrogens with two attached hydrogens (primary N) is 1. The number of pyridine rings is 1. The molecule has 0 radical (unpaired) electrons. The monoisotopic (exact) mass is 217 g/mol. The van der Waals surface area contributed by atoms with Gasteiger partial charge in [-0.3, -0.25) is 0 Å². The molecule has 0 amide bonds. The molecule has 2 aliphatic rings. The van der Waals surface area contributed by atoms with Crippen molar-refractivity contribution in [2.24, 2.45) is 5.73 Å². The summed E-state index contributed by atoms with van der Waals surface area (Å²) in [6, 6.07) is 4.93. The molecule has 3 rings (SSSR count). The average molecular weight is 217 g/mol. The molecular weight excluding hydrogens is 198 g/mol. The van der Waals surface area contributed by atoms with E-state index in [9.17, 15) is 0 Å². The molecular formula is C13H19N3. The zero-order valence-corrected chi connectivity index (χ0v) is 9.60. The molecule has 1 atom stereocenters. The van der Waals surface area contributed by atoms with Gasteiger partial charge in [0.1, 0.15) is 5.82 Å². The van der Waals surface area contributed by atoms with Crippen molar-refractivity contribution in [3.05, 3.63) is 23.9 Å². The van der Waals surface area contributed by atoms with Crippen LogP contribution < -0.4 is 10.6 Å². The van der Waals surface area contributed by atoms with Crippen LogP contribution in [0, 0.1) is 0 Å². The highest BCUT2D eigenvalue weighted by Crippen LogP contribution is 2.41. The molecule has 2 fully saturated rings. The van der Waals surface area contributed by atoms with E-state index in [1.54, 1.807) is 0 Å². The molecule has 2 N–H and O–H groups in total. The number of hydrogen-bond acceptors (Lipinski definition) is 3. The molecule has 16 heavy (non-hydrogen) atoms. The SMILES string of the molecule is NCC1CCCN1c1cc(C2CC2)ccn1. The van der Waals surface area contributed by atoms with Gasteiger partial charge in [0, 0.05) is 25.3 Å². The van der Waals surface area contributed by atoms with E-state index in [1.165, 1.54) is 31.2 Å². The molecule has 3 heteroatoms. The van der Waals surface area contributed by atoms with Crippen molar-refractivity contribution in [3.63, 3.8) is 0 Å². The number of rotatable bonds is 3. The van der Waals surface area contributed by atoms with Crippen LogP contribution in [-0.2, 0) is 0 Å². The lowest BCUT2D eigenvalue weighted by molar-refractivity contribution is 0.671. The van der Waals surface area contributed by atoms with E-state index in [0.717, 1.165) is 24.8 Å². The van der Waals surface area contributed by atoms with Gasteiger partial charge in [-0.2, -0.15) is 0 Å². The fraction of sp³-hybridized carbons (Fsp3) is 0.615. The Hall–Kier alpha value is -1.09. The molecule has 1 aliphatic heterocycles. The summed E-state index contributed by atoms with van der Waals surface area (Å²) >= 11 is 0. The second kappa shape index (κ2) is 4.06. The van der Waals surface area contributed by atoms with Crippen LogP contribution in [0.1, 0.15) is 37.2 Å². The Bertz CT molecular complexity index is 373. The van der Waals surface area contributed by atoms with Gasteiger partial charge >= 0.3 is 0 Å². The summed E-state index contributed by atoms with van der Waals surface area (Å²) in [5, 5.41) is 0. The third-order valence-corrected chi connectivity index (χ3v) is 3.76. The summed E-state index contributed by atoms with van der Waals surface area (Å²) in [6.45, 7) is 1.86. The first kappa shape index (κ1) is 10.1. The van der Waals surface area contributed by atoms with Crippen molar-refractivity contribution >= 4 is 5.82 Å². The minimum Gasteiger partial charge on any atom is -0.352 e. The maximum absolute atomic E-state index is 5.80. The van der Waals surface area contributed by atoms with Crippen LogP contribution in [0.15, 0.2) is 18.3 Å². The summed E-state index contributed by atoms with van der Waals surface area (Å²) < 4.78 is 0. The highest BCUT2D eigenvalue weighted by atomic mass is 15.2. The van der Waals surface area contributed by atoms with Crippen LogP contribution in [0.4, 0.5) is 5.82 Å². The highest BCUT2D eigenvalue weighted by molar-refractivity contribution is 5.45. The minimum atomic E-state index is 0.502. The van der Waals surface area contributed by atoms with Gasteiger partial charge in [-0.05, 0) is 49.3 Å². The first-order chi connectivity index (χ1) is 7.88. The van der Waals surface area contributed by atoms with Crippen LogP contribution in [0.5, 0.6) is 0 Å². The van der Waals surface area contributed by atoms with Crippen molar-refractivity contribution in [1.82, 2.24) is 4.98 Å². The summed E-state index contributed by atoms with van der Waals surface area (Å²) in [5.41, 5.74) is 7.27. The quantitative estimate of drug-likeness (QED) is 0.840. The third-order valence-electron chi connectivity index (χ3n) is 3.76. The molecule has 0 spiro atoms. The van der Waals surface area contributed by atoms with Crippen molar-refractivity contribution < 1.29 is 0 Å². The summed E-state index contributed by atoms with van der Waals surface area (Å²) in [7, 11) is 0. The van der Waals surface area contributed by atoms with Crippen LogP contribution >= 0.6 is 0 Å². The van der Waals surface area contributed by atoms with Gasteiger partial charge in [0.15, 0.2) is 0 Å². The van der Waals surface area contributed by atoms with E-state index in [2.05, 4.69) is 22.0 Å². The Balaban J connectivity index is 1.84. The van der Waals surface area contributed by atoms with E-state index >= 15 is 0 Å². The molecule has 2 heterocycles. The predicted octanol–water partition coefficient (Wildman–Crippen LogP) is 1.89. The maximum Gasteiger partial charge on any atom is 0.129 e. The smallest absolute Gasteiger partial charge is 0.129 e. The van der Waals surface area contributed by atoms with E-state index in [4.69, 9.17) is 5.73 Å². The molecule has 3 nitrogen and oxygen atoms in total. The van der Waals surface area contributed by atoms with Gasteiger partial charge in [-0.1, -0.05) is 0 Å². The van der Waals surface area contributed by atoms with Gasteiger partial charge in [0.25, 0.3) is 0 Å². The number of nitrogens with zero attached hydrogens (tertiary/aromatic N) is 2. The van der Waals surface area contributed by atoms with E-state index in [0.29, 0.717) is 6.04 Å². The van der Waals surface area contributed by atoms with Crippen LogP contribution in [0.25, 0.3) is 0 Å². The zero-order chi connectivity index (χ0) is 11.0. The second-order valence-electron chi connectivity index (χ2n) is 4.95. The molecule has 1 unspecified atom stereocenters. The van der Waals surface area contributed by atoms with Gasteiger partial charge in [-0.25, -0.2) is 4.98 Å². The number of hydrogen-bond donors (Lipinski definition) is 1. The molecule has 1 aliphatic carbocycles. The lowest BCUT2D eigenvalue weighted by Gasteiger charge is -2.24. The van der Waals surface area contributed by atoms with E-state index in [1.807, 2.05) is 6.20 Å². The summed E-state index contributed by atoms with van der Waals surface area (Å²) in [4.78, 5) is 6.88. The largest absolute Gasteiger partial charge is 0.352 e. The van der Waals surface area contributed by atoms with Crippen LogP contribution in [0.3, 0.4) is 0 Å². The van der Waals surface area contributed by atoms with Crippen molar-refractivity contribution in [2.45, 2.75) is 37.6 Å². The van der Waals surface area contributed by atoms with Crippen molar-refractivity contribution in [2.75, 3.05) is 18.0 Å². The Morgan fingerprint density at radius 1 is 1.38 bits per heavy atom. The molecule has 0 bridgehead atoms. The Morgan fingerprint density at radius 3 is 3.00 bits per heavy atom. The molecule has 1 aromatic rings. The summed E-state index contributed by atoms with van der Waals surface area (Å²) in [6.07, 6.45) is 7.12. The highest BCUT2D eigenvalue weighted by Gasteiger charge is 2.27. The second-order valence-corrected chi connectivity index (χ2v) is 4.95. The molecule has 86 valence electrons. The van der Waals surface area contributed by atoms with Crippen molar-refractivity contribution in [3.8, 4) is 0 Å². The zero-order valence-electron chi connectivity index (χ0n) is 9.60. The predicted molar refractivity (Wildman–Crippen MR) is 65.6 cm³/mol. The van der Waals surface area contributed by atoms with E-state index in [-0.39, 0.29) is 0 Å². The lowest BCUT2D eigenvalue weighted by atomic mass is 10.1. The fourth-order valence-electron chi connectivity index (χ4n) is 2.64. The Labute approximate surface area is 96.7 Å². The van der Waals surface area contributed by atoms with Gasteiger partial charge in [0.2, 0.25) is 0 Å². The lowest BCUT2D eigenvalue weighted by Crippen LogP contribution is -2.35. The van der Waals surface area contributed by atoms with Crippen LogP contribution in [-0.4, -0.2) is 24.1 Å². The molecule has 1 saturated carbocycles. The molecule has 1 aromatic heterocycles. The fourth-order valence-corrected chi connectivity index (χ4v) is 2.64. The first-order valence-corrected chi connectivity index (χ1v) is 6.31. The summed E-state index contributed by atoms with van der Waals surface area (Å²) in [5.74, 6) is 1.94. The van der Waals surface area contributed by atoms with E-state index < -0.39 is 0 Å². The normalized spacial score (nSPS) is 25.1. The first-order valence-electron chi connectivity index (χ1n) is 6.31. The molecule has 1 saturated heterocycles. The number of aromatic nitrogens is 1. The molecule has 0 aromatic carbocycles. The Kier molecular flexibility index (Phi) is 2.56. The topological polar surface area (TPSA) is 42.1 Å².